The molecule has 0 aliphatic heterocycles. The Hall–Kier alpha value is -0.980. The molecule has 0 unspecified atom stereocenters. The zero-order valence-electron chi connectivity index (χ0n) is 10.2. The van der Waals surface area contributed by atoms with Gasteiger partial charge in [-0.25, -0.2) is 17.5 Å². The second kappa shape index (κ2) is 5.34. The first-order valence-electron chi connectivity index (χ1n) is 6.04. The van der Waals surface area contributed by atoms with E-state index in [2.05, 4.69) is 10.0 Å². The topological polar surface area (TPSA) is 58.2 Å². The Morgan fingerprint density at radius 3 is 2.72 bits per heavy atom. The van der Waals surface area contributed by atoms with Crippen LogP contribution in [0, 0.1) is 5.82 Å². The van der Waals surface area contributed by atoms with Gasteiger partial charge in [-0.3, -0.25) is 0 Å². The van der Waals surface area contributed by atoms with E-state index in [1.54, 1.807) is 13.0 Å². The molecule has 1 aromatic carbocycles. The normalized spacial score (nSPS) is 15.9. The van der Waals surface area contributed by atoms with E-state index >= 15 is 0 Å². The second-order valence-corrected chi connectivity index (χ2v) is 6.16. The molecule has 6 heteroatoms. The first-order valence-corrected chi connectivity index (χ1v) is 7.52. The van der Waals surface area contributed by atoms with Crippen LogP contribution in [0.1, 0.15) is 25.3 Å². The molecule has 1 fully saturated rings. The summed E-state index contributed by atoms with van der Waals surface area (Å²) in [5.74, 6) is -0.717. The van der Waals surface area contributed by atoms with Crippen LogP contribution in [0.15, 0.2) is 23.1 Å². The van der Waals surface area contributed by atoms with Crippen LogP contribution >= 0.6 is 0 Å². The minimum absolute atomic E-state index is 0.242. The Bertz CT molecular complexity index is 527. The molecule has 0 heterocycles. The number of benzene rings is 1. The maximum Gasteiger partial charge on any atom is 0.243 e. The van der Waals surface area contributed by atoms with Crippen molar-refractivity contribution in [3.63, 3.8) is 0 Å². The average molecular weight is 272 g/mol. The largest absolute Gasteiger partial charge is 0.310 e. The molecule has 1 aliphatic rings. The van der Waals surface area contributed by atoms with Crippen LogP contribution in [0.4, 0.5) is 4.39 Å². The summed E-state index contributed by atoms with van der Waals surface area (Å²) in [5, 5.41) is 3.27. The van der Waals surface area contributed by atoms with E-state index in [0.29, 0.717) is 12.6 Å². The highest BCUT2D eigenvalue weighted by Crippen LogP contribution is 2.20. The van der Waals surface area contributed by atoms with E-state index < -0.39 is 15.8 Å². The lowest BCUT2D eigenvalue weighted by molar-refractivity contribution is 0.557. The molecule has 0 atom stereocenters. The molecule has 2 rings (SSSR count). The predicted molar refractivity (Wildman–Crippen MR) is 67.1 cm³/mol. The van der Waals surface area contributed by atoms with Crippen molar-refractivity contribution in [3.05, 3.63) is 29.6 Å². The summed E-state index contributed by atoms with van der Waals surface area (Å²) in [4.78, 5) is -0.278. The van der Waals surface area contributed by atoms with Gasteiger partial charge >= 0.3 is 0 Å². The van der Waals surface area contributed by atoms with Crippen molar-refractivity contribution in [2.24, 2.45) is 0 Å². The lowest BCUT2D eigenvalue weighted by Gasteiger charge is -2.09. The number of rotatable bonds is 6. The SMILES string of the molecule is CCNS(=O)(=O)c1cc(CNC2CC2)ccc1F. The van der Waals surface area contributed by atoms with Crippen LogP contribution in [-0.2, 0) is 16.6 Å². The number of nitrogens with one attached hydrogen (secondary N) is 2. The van der Waals surface area contributed by atoms with E-state index in [4.69, 9.17) is 0 Å². The molecular weight excluding hydrogens is 255 g/mol. The fourth-order valence-electron chi connectivity index (χ4n) is 1.68. The van der Waals surface area contributed by atoms with Crippen molar-refractivity contribution in [1.29, 1.82) is 0 Å². The highest BCUT2D eigenvalue weighted by Gasteiger charge is 2.21. The van der Waals surface area contributed by atoms with Crippen molar-refractivity contribution in [2.75, 3.05) is 6.54 Å². The van der Waals surface area contributed by atoms with Gasteiger partial charge in [-0.2, -0.15) is 0 Å². The van der Waals surface area contributed by atoms with Crippen LogP contribution in [0.3, 0.4) is 0 Å². The second-order valence-electron chi connectivity index (χ2n) is 4.42. The maximum absolute atomic E-state index is 13.6. The maximum atomic E-state index is 13.6. The fourth-order valence-corrected chi connectivity index (χ4v) is 2.85. The van der Waals surface area contributed by atoms with Crippen molar-refractivity contribution in [3.8, 4) is 0 Å². The summed E-state index contributed by atoms with van der Waals surface area (Å²) in [5.41, 5.74) is 0.778. The van der Waals surface area contributed by atoms with Crippen LogP contribution in [0.2, 0.25) is 0 Å². The summed E-state index contributed by atoms with van der Waals surface area (Å²) < 4.78 is 39.4. The third-order valence-corrected chi connectivity index (χ3v) is 4.35. The molecule has 1 aromatic rings. The summed E-state index contributed by atoms with van der Waals surface area (Å²) in [6.07, 6.45) is 2.31. The highest BCUT2D eigenvalue weighted by molar-refractivity contribution is 7.89. The Kier molecular flexibility index (Phi) is 3.99. The first kappa shape index (κ1) is 13.5. The molecule has 0 radical (unpaired) electrons. The van der Waals surface area contributed by atoms with E-state index in [-0.39, 0.29) is 11.4 Å². The third-order valence-electron chi connectivity index (χ3n) is 2.79. The van der Waals surface area contributed by atoms with E-state index in [1.807, 2.05) is 0 Å². The van der Waals surface area contributed by atoms with Crippen molar-refractivity contribution in [1.82, 2.24) is 10.0 Å². The van der Waals surface area contributed by atoms with E-state index in [0.717, 1.165) is 18.4 Å². The highest BCUT2D eigenvalue weighted by atomic mass is 32.2. The minimum atomic E-state index is -3.74. The first-order chi connectivity index (χ1) is 8.53. The number of halogens is 1. The van der Waals surface area contributed by atoms with E-state index in [9.17, 15) is 12.8 Å². The quantitative estimate of drug-likeness (QED) is 0.822. The Morgan fingerprint density at radius 2 is 2.11 bits per heavy atom. The molecule has 4 nitrogen and oxygen atoms in total. The lowest BCUT2D eigenvalue weighted by Crippen LogP contribution is -2.24. The van der Waals surface area contributed by atoms with Gasteiger partial charge in [0.25, 0.3) is 0 Å². The van der Waals surface area contributed by atoms with Crippen molar-refractivity contribution in [2.45, 2.75) is 37.2 Å². The smallest absolute Gasteiger partial charge is 0.243 e. The van der Waals surface area contributed by atoms with Gasteiger partial charge in [-0.1, -0.05) is 13.0 Å². The van der Waals surface area contributed by atoms with Crippen molar-refractivity contribution < 1.29 is 12.8 Å². The lowest BCUT2D eigenvalue weighted by atomic mass is 10.2. The molecule has 100 valence electrons. The number of hydrogen-bond donors (Lipinski definition) is 2. The molecule has 0 amide bonds. The molecule has 0 aromatic heterocycles. The summed E-state index contributed by atoms with van der Waals surface area (Å²) in [6.45, 7) is 2.47. The Morgan fingerprint density at radius 1 is 1.39 bits per heavy atom. The van der Waals surface area contributed by atoms with Crippen molar-refractivity contribution >= 4 is 10.0 Å². The van der Waals surface area contributed by atoms with Crippen LogP contribution in [0.25, 0.3) is 0 Å². The summed E-state index contributed by atoms with van der Waals surface area (Å²) in [6, 6.07) is 4.73. The molecule has 18 heavy (non-hydrogen) atoms. The van der Waals surface area contributed by atoms with Gasteiger partial charge in [0.1, 0.15) is 10.7 Å². The van der Waals surface area contributed by atoms with Crippen LogP contribution in [0.5, 0.6) is 0 Å². The van der Waals surface area contributed by atoms with Gasteiger partial charge in [-0.05, 0) is 30.5 Å². The summed E-state index contributed by atoms with van der Waals surface area (Å²) in [7, 11) is -3.74. The van der Waals surface area contributed by atoms with Gasteiger partial charge in [0.2, 0.25) is 10.0 Å². The molecular formula is C12H17FN2O2S. The number of hydrogen-bond acceptors (Lipinski definition) is 3. The Balaban J connectivity index is 2.19. The standard InChI is InChI=1S/C12H17FN2O2S/c1-2-15-18(16,17)12-7-9(3-6-11(12)13)8-14-10-4-5-10/h3,6-7,10,14-15H,2,4-5,8H2,1H3. The van der Waals surface area contributed by atoms with Gasteiger partial charge in [0.15, 0.2) is 0 Å². The van der Waals surface area contributed by atoms with Gasteiger partial charge in [0, 0.05) is 19.1 Å². The van der Waals surface area contributed by atoms with Gasteiger partial charge in [0.05, 0.1) is 0 Å². The molecule has 1 aliphatic carbocycles. The molecule has 1 saturated carbocycles. The summed E-state index contributed by atoms with van der Waals surface area (Å²) >= 11 is 0. The molecule has 0 bridgehead atoms. The van der Waals surface area contributed by atoms with Gasteiger partial charge < -0.3 is 5.32 Å². The monoisotopic (exact) mass is 272 g/mol. The molecule has 0 spiro atoms. The molecule has 2 N–H and O–H groups in total. The number of sulfonamides is 1. The third kappa shape index (κ3) is 3.28. The zero-order valence-corrected chi connectivity index (χ0v) is 11.1. The van der Waals surface area contributed by atoms with E-state index in [1.165, 1.54) is 12.1 Å². The zero-order chi connectivity index (χ0) is 13.2. The minimum Gasteiger partial charge on any atom is -0.310 e. The van der Waals surface area contributed by atoms with Crippen LogP contribution in [-0.4, -0.2) is 21.0 Å². The predicted octanol–water partition coefficient (Wildman–Crippen LogP) is 1.38. The Labute approximate surface area is 107 Å². The average Bonchev–Trinajstić information content (AvgIpc) is 3.11. The van der Waals surface area contributed by atoms with Gasteiger partial charge in [-0.15, -0.1) is 0 Å². The fraction of sp³-hybridized carbons (Fsp3) is 0.500. The van der Waals surface area contributed by atoms with Crippen LogP contribution < -0.4 is 10.0 Å². The molecule has 0 saturated heterocycles.